The van der Waals surface area contributed by atoms with Gasteiger partial charge in [0.2, 0.25) is 0 Å². The Labute approximate surface area is 90.9 Å². The average molecular weight is 210 g/mol. The van der Waals surface area contributed by atoms with E-state index >= 15 is 0 Å². The Morgan fingerprint density at radius 2 is 2.57 bits per heavy atom. The Bertz CT molecular complexity index is 253. The molecular formula is C12H18OS. The van der Waals surface area contributed by atoms with E-state index in [9.17, 15) is 0 Å². The summed E-state index contributed by atoms with van der Waals surface area (Å²) >= 11 is 1.89. The van der Waals surface area contributed by atoms with Crippen LogP contribution in [-0.4, -0.2) is 11.9 Å². The van der Waals surface area contributed by atoms with Crippen molar-refractivity contribution in [2.75, 3.05) is 6.61 Å². The van der Waals surface area contributed by atoms with Gasteiger partial charge < -0.3 is 4.74 Å². The van der Waals surface area contributed by atoms with Crippen LogP contribution in [0.15, 0.2) is 35.5 Å². The highest BCUT2D eigenvalue weighted by molar-refractivity contribution is 8.03. The van der Waals surface area contributed by atoms with Crippen molar-refractivity contribution in [2.24, 2.45) is 0 Å². The third kappa shape index (κ3) is 3.26. The Balaban J connectivity index is 2.72. The van der Waals surface area contributed by atoms with Crippen LogP contribution < -0.4 is 0 Å². The Morgan fingerprint density at radius 1 is 1.79 bits per heavy atom. The van der Waals surface area contributed by atoms with Gasteiger partial charge in [0.15, 0.2) is 0 Å². The number of rotatable bonds is 4. The molecule has 1 aliphatic heterocycles. The molecule has 78 valence electrons. The van der Waals surface area contributed by atoms with E-state index in [0.29, 0.717) is 11.9 Å². The Morgan fingerprint density at radius 3 is 3.14 bits per heavy atom. The molecule has 0 aliphatic carbocycles. The molecule has 1 heterocycles. The largest absolute Gasteiger partial charge is 0.493 e. The lowest BCUT2D eigenvalue weighted by atomic mass is 10.2. The van der Waals surface area contributed by atoms with E-state index in [4.69, 9.17) is 4.74 Å². The molecule has 0 bridgehead atoms. The smallest absolute Gasteiger partial charge is 0.132 e. The molecule has 1 atom stereocenters. The average Bonchev–Trinajstić information content (AvgIpc) is 2.17. The minimum Gasteiger partial charge on any atom is -0.493 e. The molecule has 1 aliphatic rings. The van der Waals surface area contributed by atoms with Crippen LogP contribution in [0.2, 0.25) is 0 Å². The summed E-state index contributed by atoms with van der Waals surface area (Å²) < 4.78 is 5.57. The first-order chi connectivity index (χ1) is 6.77. The van der Waals surface area contributed by atoms with Crippen LogP contribution in [0.3, 0.4) is 0 Å². The van der Waals surface area contributed by atoms with Gasteiger partial charge in [-0.15, -0.1) is 11.8 Å². The third-order valence-electron chi connectivity index (χ3n) is 2.04. The lowest BCUT2D eigenvalue weighted by molar-refractivity contribution is 0.241. The molecule has 0 N–H and O–H groups in total. The summed E-state index contributed by atoms with van der Waals surface area (Å²) in [5, 5.41) is 0.698. The fourth-order valence-electron chi connectivity index (χ4n) is 1.40. The normalized spacial score (nSPS) is 22.9. The van der Waals surface area contributed by atoms with Gasteiger partial charge in [-0.05, 0) is 25.8 Å². The van der Waals surface area contributed by atoms with Crippen LogP contribution in [0.25, 0.3) is 0 Å². The fraction of sp³-hybridized carbons (Fsp3) is 0.500. The Hall–Kier alpha value is -0.630. The SMILES string of the molecule is C=C/C=C(/OCC)C1=CCCC(C)S1. The monoisotopic (exact) mass is 210 g/mol. The quantitative estimate of drug-likeness (QED) is 0.514. The molecule has 14 heavy (non-hydrogen) atoms. The summed E-state index contributed by atoms with van der Waals surface area (Å²) in [5.74, 6) is 0.971. The molecule has 1 rings (SSSR count). The molecule has 0 amide bonds. The second-order valence-electron chi connectivity index (χ2n) is 3.27. The molecule has 0 radical (unpaired) electrons. The van der Waals surface area contributed by atoms with Crippen molar-refractivity contribution in [3.8, 4) is 0 Å². The van der Waals surface area contributed by atoms with Gasteiger partial charge in [0, 0.05) is 10.2 Å². The molecule has 2 heteroatoms. The molecule has 0 spiro atoms. The predicted octanol–water partition coefficient (Wildman–Crippen LogP) is 3.89. The van der Waals surface area contributed by atoms with Crippen molar-refractivity contribution in [3.05, 3.63) is 35.5 Å². The zero-order valence-corrected chi connectivity index (χ0v) is 9.77. The van der Waals surface area contributed by atoms with E-state index < -0.39 is 0 Å². The summed E-state index contributed by atoms with van der Waals surface area (Å²) in [6.07, 6.45) is 8.41. The minimum atomic E-state index is 0.698. The van der Waals surface area contributed by atoms with Crippen molar-refractivity contribution >= 4 is 11.8 Å². The maximum Gasteiger partial charge on any atom is 0.132 e. The second kappa shape index (κ2) is 5.97. The predicted molar refractivity (Wildman–Crippen MR) is 64.3 cm³/mol. The van der Waals surface area contributed by atoms with Gasteiger partial charge in [0.1, 0.15) is 5.76 Å². The molecule has 1 unspecified atom stereocenters. The zero-order valence-electron chi connectivity index (χ0n) is 8.95. The van der Waals surface area contributed by atoms with Gasteiger partial charge in [-0.25, -0.2) is 0 Å². The molecule has 0 aromatic heterocycles. The highest BCUT2D eigenvalue weighted by Gasteiger charge is 2.15. The lowest BCUT2D eigenvalue weighted by Gasteiger charge is -2.20. The van der Waals surface area contributed by atoms with Crippen molar-refractivity contribution < 1.29 is 4.74 Å². The second-order valence-corrected chi connectivity index (χ2v) is 4.75. The van der Waals surface area contributed by atoms with Crippen LogP contribution in [0.1, 0.15) is 26.7 Å². The molecule has 0 fully saturated rings. The van der Waals surface area contributed by atoms with Crippen LogP contribution in [0, 0.1) is 0 Å². The van der Waals surface area contributed by atoms with E-state index in [1.54, 1.807) is 6.08 Å². The van der Waals surface area contributed by atoms with Gasteiger partial charge >= 0.3 is 0 Å². The summed E-state index contributed by atoms with van der Waals surface area (Å²) in [4.78, 5) is 1.27. The lowest BCUT2D eigenvalue weighted by Crippen LogP contribution is -2.04. The first-order valence-electron chi connectivity index (χ1n) is 5.10. The van der Waals surface area contributed by atoms with Gasteiger partial charge in [-0.2, -0.15) is 0 Å². The molecular weight excluding hydrogens is 192 g/mol. The number of allylic oxidation sites excluding steroid dienone is 3. The van der Waals surface area contributed by atoms with E-state index in [1.807, 2.05) is 24.8 Å². The maximum atomic E-state index is 5.57. The highest BCUT2D eigenvalue weighted by Crippen LogP contribution is 2.35. The topological polar surface area (TPSA) is 9.23 Å². The number of hydrogen-bond donors (Lipinski definition) is 0. The summed E-state index contributed by atoms with van der Waals surface area (Å²) in [6, 6.07) is 0. The van der Waals surface area contributed by atoms with Crippen molar-refractivity contribution in [2.45, 2.75) is 31.9 Å². The van der Waals surface area contributed by atoms with E-state index in [-0.39, 0.29) is 0 Å². The molecule has 1 nitrogen and oxygen atoms in total. The van der Waals surface area contributed by atoms with E-state index in [2.05, 4.69) is 19.6 Å². The molecule has 0 saturated heterocycles. The van der Waals surface area contributed by atoms with Crippen molar-refractivity contribution in [1.29, 1.82) is 0 Å². The van der Waals surface area contributed by atoms with E-state index in [0.717, 1.165) is 12.2 Å². The minimum absolute atomic E-state index is 0.698. The molecule has 0 saturated carbocycles. The molecule has 0 aromatic carbocycles. The van der Waals surface area contributed by atoms with Crippen molar-refractivity contribution in [3.63, 3.8) is 0 Å². The van der Waals surface area contributed by atoms with Crippen LogP contribution in [-0.2, 0) is 4.74 Å². The standard InChI is InChI=1S/C12H18OS/c1-4-7-11(13-5-2)12-9-6-8-10(3)14-12/h4,7,9-10H,1,5-6,8H2,2-3H3/b11-7+. The van der Waals surface area contributed by atoms with Crippen LogP contribution in [0.4, 0.5) is 0 Å². The van der Waals surface area contributed by atoms with Gasteiger partial charge in [0.25, 0.3) is 0 Å². The zero-order chi connectivity index (χ0) is 10.4. The van der Waals surface area contributed by atoms with Gasteiger partial charge in [-0.1, -0.05) is 25.7 Å². The number of ether oxygens (including phenoxy) is 1. The third-order valence-corrected chi connectivity index (χ3v) is 3.30. The summed E-state index contributed by atoms with van der Waals surface area (Å²) in [6.45, 7) is 8.69. The van der Waals surface area contributed by atoms with Crippen molar-refractivity contribution in [1.82, 2.24) is 0 Å². The highest BCUT2D eigenvalue weighted by atomic mass is 32.2. The van der Waals surface area contributed by atoms with Gasteiger partial charge in [-0.3, -0.25) is 0 Å². The van der Waals surface area contributed by atoms with Crippen LogP contribution >= 0.6 is 11.8 Å². The number of thioether (sulfide) groups is 1. The summed E-state index contributed by atoms with van der Waals surface area (Å²) in [7, 11) is 0. The Kier molecular flexibility index (Phi) is 4.88. The first-order valence-corrected chi connectivity index (χ1v) is 5.98. The van der Waals surface area contributed by atoms with Gasteiger partial charge in [0.05, 0.1) is 6.61 Å². The molecule has 0 aromatic rings. The van der Waals surface area contributed by atoms with E-state index in [1.165, 1.54) is 11.3 Å². The fourth-order valence-corrected chi connectivity index (χ4v) is 2.54. The summed E-state index contributed by atoms with van der Waals surface area (Å²) in [5.41, 5.74) is 0. The first kappa shape index (κ1) is 11.4. The number of hydrogen-bond acceptors (Lipinski definition) is 2. The van der Waals surface area contributed by atoms with Crippen LogP contribution in [0.5, 0.6) is 0 Å². The maximum absolute atomic E-state index is 5.57.